The monoisotopic (exact) mass is 246 g/mol. The molecule has 0 aliphatic carbocycles. The number of anilines is 1. The van der Waals surface area contributed by atoms with E-state index in [1.54, 1.807) is 11.8 Å². The Morgan fingerprint density at radius 1 is 1.53 bits per heavy atom. The Morgan fingerprint density at radius 2 is 2.33 bits per heavy atom. The number of amides is 1. The maximum absolute atomic E-state index is 11.5. The quantitative estimate of drug-likeness (QED) is 0.735. The minimum Gasteiger partial charge on any atom is -0.360 e. The summed E-state index contributed by atoms with van der Waals surface area (Å²) in [6.07, 6.45) is 2.00. The molecule has 0 bridgehead atoms. The van der Waals surface area contributed by atoms with Crippen LogP contribution in [-0.4, -0.2) is 41.2 Å². The van der Waals surface area contributed by atoms with Gasteiger partial charge >= 0.3 is 0 Å². The molecule has 0 spiro atoms. The van der Waals surface area contributed by atoms with Crippen molar-refractivity contribution in [1.29, 1.82) is 0 Å². The highest BCUT2D eigenvalue weighted by atomic mass is 32.2. The summed E-state index contributed by atoms with van der Waals surface area (Å²) in [6.45, 7) is 3.42. The van der Waals surface area contributed by atoms with E-state index in [4.69, 9.17) is 0 Å². The van der Waals surface area contributed by atoms with Crippen LogP contribution in [0.5, 0.6) is 0 Å². The first-order chi connectivity index (χ1) is 7.27. The molecular formula is C8H14N4OS2. The Kier molecular flexibility index (Phi) is 5.41. The summed E-state index contributed by atoms with van der Waals surface area (Å²) in [5, 5.41) is 14.5. The molecule has 0 unspecified atom stereocenters. The lowest BCUT2D eigenvalue weighted by atomic mass is 10.6. The normalized spacial score (nSPS) is 10.0. The van der Waals surface area contributed by atoms with Gasteiger partial charge in [0.1, 0.15) is 0 Å². The molecule has 0 radical (unpaired) electrons. The van der Waals surface area contributed by atoms with Gasteiger partial charge in [-0.05, 0) is 13.2 Å². The first kappa shape index (κ1) is 12.3. The van der Waals surface area contributed by atoms with E-state index in [-0.39, 0.29) is 5.91 Å². The van der Waals surface area contributed by atoms with Crippen LogP contribution in [-0.2, 0) is 0 Å². The molecule has 1 rings (SSSR count). The molecule has 84 valence electrons. The van der Waals surface area contributed by atoms with Crippen molar-refractivity contribution in [2.45, 2.75) is 6.92 Å². The molecule has 0 saturated heterocycles. The predicted octanol–water partition coefficient (Wildman–Crippen LogP) is 1.06. The molecular weight excluding hydrogens is 232 g/mol. The van der Waals surface area contributed by atoms with Crippen LogP contribution in [0.4, 0.5) is 5.13 Å². The molecule has 1 aromatic rings. The van der Waals surface area contributed by atoms with Crippen LogP contribution < -0.4 is 10.6 Å². The van der Waals surface area contributed by atoms with Crippen molar-refractivity contribution in [3.8, 4) is 0 Å². The highest BCUT2D eigenvalue weighted by Crippen LogP contribution is 2.14. The first-order valence-corrected chi connectivity index (χ1v) is 6.83. The van der Waals surface area contributed by atoms with Crippen LogP contribution in [0, 0.1) is 0 Å². The van der Waals surface area contributed by atoms with Gasteiger partial charge in [0.15, 0.2) is 0 Å². The molecule has 1 aromatic heterocycles. The lowest BCUT2D eigenvalue weighted by molar-refractivity contribution is 0.0955. The van der Waals surface area contributed by atoms with E-state index in [2.05, 4.69) is 20.8 Å². The van der Waals surface area contributed by atoms with Crippen molar-refractivity contribution in [1.82, 2.24) is 15.5 Å². The Morgan fingerprint density at radius 3 is 3.00 bits per heavy atom. The minimum absolute atomic E-state index is 0.147. The van der Waals surface area contributed by atoms with E-state index < -0.39 is 0 Å². The Bertz CT molecular complexity index is 315. The van der Waals surface area contributed by atoms with E-state index in [0.29, 0.717) is 16.7 Å². The fourth-order valence-electron chi connectivity index (χ4n) is 0.880. The van der Waals surface area contributed by atoms with Crippen LogP contribution >= 0.6 is 23.1 Å². The maximum Gasteiger partial charge on any atom is 0.282 e. The zero-order chi connectivity index (χ0) is 11.1. The average Bonchev–Trinajstić information content (AvgIpc) is 2.67. The Hall–Kier alpha value is -0.820. The Labute approximate surface area is 97.1 Å². The molecule has 0 atom stereocenters. The van der Waals surface area contributed by atoms with E-state index in [1.807, 2.05) is 13.2 Å². The number of carbonyl (C=O) groups is 1. The molecule has 0 fully saturated rings. The number of aromatic nitrogens is 2. The van der Waals surface area contributed by atoms with Gasteiger partial charge in [-0.2, -0.15) is 11.8 Å². The van der Waals surface area contributed by atoms with Gasteiger partial charge in [-0.25, -0.2) is 0 Å². The smallest absolute Gasteiger partial charge is 0.282 e. The molecule has 2 N–H and O–H groups in total. The van der Waals surface area contributed by atoms with Crippen molar-refractivity contribution in [2.75, 3.05) is 30.4 Å². The molecule has 15 heavy (non-hydrogen) atoms. The second kappa shape index (κ2) is 6.62. The van der Waals surface area contributed by atoms with Crippen LogP contribution in [0.25, 0.3) is 0 Å². The summed E-state index contributed by atoms with van der Waals surface area (Å²) in [4.78, 5) is 11.5. The van der Waals surface area contributed by atoms with Gasteiger partial charge in [0.2, 0.25) is 10.1 Å². The number of rotatable bonds is 6. The summed E-state index contributed by atoms with van der Waals surface area (Å²) in [5.41, 5.74) is 0. The second-order valence-electron chi connectivity index (χ2n) is 2.69. The standard InChI is InChI=1S/C8H14N4OS2/c1-3-9-8-12-11-7(15-8)6(13)10-4-5-14-2/h3-5H2,1-2H3,(H,9,12)(H,10,13). The van der Waals surface area contributed by atoms with Crippen molar-refractivity contribution in [2.24, 2.45) is 0 Å². The highest BCUT2D eigenvalue weighted by Gasteiger charge is 2.11. The molecule has 1 heterocycles. The molecule has 0 saturated carbocycles. The lowest BCUT2D eigenvalue weighted by Crippen LogP contribution is -2.25. The SMILES string of the molecule is CCNc1nnc(C(=O)NCCSC)s1. The Balaban J connectivity index is 2.43. The van der Waals surface area contributed by atoms with Crippen molar-refractivity contribution in [3.63, 3.8) is 0 Å². The van der Waals surface area contributed by atoms with Gasteiger partial charge in [0.05, 0.1) is 0 Å². The van der Waals surface area contributed by atoms with E-state index in [0.717, 1.165) is 12.3 Å². The molecule has 5 nitrogen and oxygen atoms in total. The van der Waals surface area contributed by atoms with Crippen LogP contribution in [0.1, 0.15) is 16.7 Å². The number of thioether (sulfide) groups is 1. The maximum atomic E-state index is 11.5. The van der Waals surface area contributed by atoms with Crippen molar-refractivity contribution >= 4 is 34.1 Å². The van der Waals surface area contributed by atoms with Crippen LogP contribution in [0.2, 0.25) is 0 Å². The summed E-state index contributed by atoms with van der Waals surface area (Å²) >= 11 is 2.96. The van der Waals surface area contributed by atoms with Crippen molar-refractivity contribution in [3.05, 3.63) is 5.01 Å². The summed E-state index contributed by atoms with van der Waals surface area (Å²) in [5.74, 6) is 0.760. The molecule has 1 amide bonds. The zero-order valence-electron chi connectivity index (χ0n) is 8.74. The van der Waals surface area contributed by atoms with Crippen molar-refractivity contribution < 1.29 is 4.79 Å². The molecule has 7 heteroatoms. The number of hydrogen-bond acceptors (Lipinski definition) is 6. The van der Waals surface area contributed by atoms with E-state index in [1.165, 1.54) is 11.3 Å². The zero-order valence-corrected chi connectivity index (χ0v) is 10.4. The molecule has 0 aromatic carbocycles. The van der Waals surface area contributed by atoms with E-state index >= 15 is 0 Å². The third kappa shape index (κ3) is 4.05. The third-order valence-corrected chi connectivity index (χ3v) is 3.03. The van der Waals surface area contributed by atoms with Gasteiger partial charge in [-0.3, -0.25) is 4.79 Å². The molecule has 0 aliphatic rings. The fourth-order valence-corrected chi connectivity index (χ4v) is 1.91. The van der Waals surface area contributed by atoms with Gasteiger partial charge in [0.25, 0.3) is 5.91 Å². The average molecular weight is 246 g/mol. The third-order valence-electron chi connectivity index (χ3n) is 1.54. The van der Waals surface area contributed by atoms with E-state index in [9.17, 15) is 4.79 Å². The predicted molar refractivity (Wildman–Crippen MR) is 64.8 cm³/mol. The van der Waals surface area contributed by atoms with Gasteiger partial charge in [0, 0.05) is 18.8 Å². The molecule has 0 aliphatic heterocycles. The summed E-state index contributed by atoms with van der Waals surface area (Å²) in [6, 6.07) is 0. The lowest BCUT2D eigenvalue weighted by Gasteiger charge is -1.99. The summed E-state index contributed by atoms with van der Waals surface area (Å²) in [7, 11) is 0. The van der Waals surface area contributed by atoms with Gasteiger partial charge in [-0.15, -0.1) is 10.2 Å². The number of hydrogen-bond donors (Lipinski definition) is 2. The fraction of sp³-hybridized carbons (Fsp3) is 0.625. The minimum atomic E-state index is -0.147. The number of nitrogens with zero attached hydrogens (tertiary/aromatic N) is 2. The second-order valence-corrected chi connectivity index (χ2v) is 4.65. The number of nitrogens with one attached hydrogen (secondary N) is 2. The number of carbonyl (C=O) groups excluding carboxylic acids is 1. The summed E-state index contributed by atoms with van der Waals surface area (Å²) < 4.78 is 0. The van der Waals surface area contributed by atoms with Gasteiger partial charge < -0.3 is 10.6 Å². The van der Waals surface area contributed by atoms with Gasteiger partial charge in [-0.1, -0.05) is 11.3 Å². The highest BCUT2D eigenvalue weighted by molar-refractivity contribution is 7.98. The topological polar surface area (TPSA) is 66.9 Å². The van der Waals surface area contributed by atoms with Crippen LogP contribution in [0.3, 0.4) is 0 Å². The first-order valence-electron chi connectivity index (χ1n) is 4.62. The van der Waals surface area contributed by atoms with Crippen LogP contribution in [0.15, 0.2) is 0 Å². The largest absolute Gasteiger partial charge is 0.360 e.